The van der Waals surface area contributed by atoms with Crippen LogP contribution in [-0.4, -0.2) is 38.7 Å². The summed E-state index contributed by atoms with van der Waals surface area (Å²) in [5.74, 6) is -2.31. The number of nitrogens with zero attached hydrogens (tertiary/aromatic N) is 3. The van der Waals surface area contributed by atoms with Gasteiger partial charge in [-0.15, -0.1) is 0 Å². The summed E-state index contributed by atoms with van der Waals surface area (Å²) in [4.78, 5) is 34.4. The highest BCUT2D eigenvalue weighted by Gasteiger charge is 2.36. The van der Waals surface area contributed by atoms with Crippen LogP contribution in [0.3, 0.4) is 0 Å². The van der Waals surface area contributed by atoms with Crippen LogP contribution >= 0.6 is 23.2 Å². The Hall–Kier alpha value is -3.80. The first-order chi connectivity index (χ1) is 20.8. The van der Waals surface area contributed by atoms with Gasteiger partial charge < -0.3 is 14.8 Å². The van der Waals surface area contributed by atoms with Gasteiger partial charge in [0.05, 0.1) is 17.9 Å². The maximum Gasteiger partial charge on any atom is 0.381 e. The Bertz CT molecular complexity index is 1770. The minimum absolute atomic E-state index is 0.01000. The average Bonchev–Trinajstić information content (AvgIpc) is 3.38. The molecule has 2 aromatic carbocycles. The van der Waals surface area contributed by atoms with Gasteiger partial charge in [0.25, 0.3) is 5.91 Å². The summed E-state index contributed by atoms with van der Waals surface area (Å²) in [6, 6.07) is 7.65. The van der Waals surface area contributed by atoms with Crippen LogP contribution in [0.15, 0.2) is 30.3 Å². The first-order valence-electron chi connectivity index (χ1n) is 13.9. The molecule has 2 aromatic heterocycles. The smallest absolute Gasteiger partial charge is 0.381 e. The molecule has 1 aliphatic rings. The van der Waals surface area contributed by atoms with E-state index in [4.69, 9.17) is 32.7 Å². The third kappa shape index (κ3) is 6.36. The van der Waals surface area contributed by atoms with Crippen LogP contribution in [0.25, 0.3) is 16.9 Å². The number of fused-ring (bicyclic) bond motifs is 2. The molecule has 5 rings (SSSR count). The molecule has 0 fully saturated rings. The molecule has 0 saturated carbocycles. The third-order valence-electron chi connectivity index (χ3n) is 7.15. The number of ether oxygens (including phenoxy) is 2. The van der Waals surface area contributed by atoms with Crippen LogP contribution in [0.5, 0.6) is 5.75 Å². The lowest BCUT2D eigenvalue weighted by atomic mass is 9.91. The highest BCUT2D eigenvalue weighted by atomic mass is 35.5. The number of amides is 1. The first kappa shape index (κ1) is 31.6. The number of aryl methyl sites for hydroxylation is 1. The second-order valence-corrected chi connectivity index (χ2v) is 12.4. The number of aromatic nitrogens is 3. The van der Waals surface area contributed by atoms with E-state index in [0.717, 1.165) is 0 Å². The Morgan fingerprint density at radius 3 is 2.50 bits per heavy atom. The highest BCUT2D eigenvalue weighted by Crippen LogP contribution is 2.42. The lowest BCUT2D eigenvalue weighted by Gasteiger charge is -2.28. The maximum atomic E-state index is 15.5. The van der Waals surface area contributed by atoms with Gasteiger partial charge in [0.2, 0.25) is 0 Å². The first-order valence-corrected chi connectivity index (χ1v) is 14.6. The summed E-state index contributed by atoms with van der Waals surface area (Å²) in [7, 11) is 0. The van der Waals surface area contributed by atoms with Crippen molar-refractivity contribution in [2.24, 2.45) is 0 Å². The van der Waals surface area contributed by atoms with Gasteiger partial charge in [0.1, 0.15) is 0 Å². The van der Waals surface area contributed by atoms with Crippen molar-refractivity contribution >= 4 is 40.7 Å². The molecule has 0 spiro atoms. The van der Waals surface area contributed by atoms with Gasteiger partial charge in [-0.05, 0) is 82.9 Å². The molecular formula is C31H30Cl2F2N4O5. The van der Waals surface area contributed by atoms with Gasteiger partial charge in [-0.2, -0.15) is 5.10 Å². The summed E-state index contributed by atoms with van der Waals surface area (Å²) >= 11 is 12.2. The Morgan fingerprint density at radius 1 is 1.14 bits per heavy atom. The number of benzene rings is 2. The molecule has 1 aliphatic heterocycles. The molecule has 13 heteroatoms. The molecule has 0 unspecified atom stereocenters. The van der Waals surface area contributed by atoms with Gasteiger partial charge in [0, 0.05) is 49.6 Å². The lowest BCUT2D eigenvalue weighted by Crippen LogP contribution is -2.29. The standard InChI is InChI=1S/C31H30Cl2F2N4O5/c1-15-20-7-6-8-42-27(20)22(34)12-21(15)26-25(28(30(41)44-35)43-31(3,4)5)16(2)37-24-13-23(38-39(24)26)29(40)36-14-17-9-18(32)11-19(33)10-17/h9-13,28H,6-8,14H2,1-5H3,(H,36,40)/t28-/m0/s1. The van der Waals surface area contributed by atoms with E-state index in [2.05, 4.69) is 20.3 Å². The predicted octanol–water partition coefficient (Wildman–Crippen LogP) is 7.00. The van der Waals surface area contributed by atoms with Crippen molar-refractivity contribution in [3.63, 3.8) is 0 Å². The molecule has 0 radical (unpaired) electrons. The Morgan fingerprint density at radius 2 is 1.84 bits per heavy atom. The van der Waals surface area contributed by atoms with E-state index in [-0.39, 0.29) is 40.6 Å². The van der Waals surface area contributed by atoms with Crippen LogP contribution in [0.1, 0.15) is 71.7 Å². The lowest BCUT2D eigenvalue weighted by molar-refractivity contribution is -0.205. The normalized spacial score (nSPS) is 13.8. The topological polar surface area (TPSA) is 104 Å². The molecule has 44 heavy (non-hydrogen) atoms. The monoisotopic (exact) mass is 646 g/mol. The van der Waals surface area contributed by atoms with Crippen LogP contribution < -0.4 is 10.1 Å². The van der Waals surface area contributed by atoms with E-state index in [1.54, 1.807) is 52.8 Å². The van der Waals surface area contributed by atoms with Crippen molar-refractivity contribution in [3.05, 3.63) is 79.8 Å². The summed E-state index contributed by atoms with van der Waals surface area (Å²) in [6.45, 7) is 8.97. The van der Waals surface area contributed by atoms with Crippen molar-refractivity contribution in [1.82, 2.24) is 19.9 Å². The highest BCUT2D eigenvalue weighted by molar-refractivity contribution is 6.34. The quantitative estimate of drug-likeness (QED) is 0.231. The number of halogens is 4. The molecule has 0 saturated heterocycles. The van der Waals surface area contributed by atoms with Crippen LogP contribution in [-0.2, 0) is 27.4 Å². The zero-order chi connectivity index (χ0) is 31.9. The zero-order valence-electron chi connectivity index (χ0n) is 24.7. The van der Waals surface area contributed by atoms with E-state index in [1.165, 1.54) is 16.6 Å². The van der Waals surface area contributed by atoms with Crippen LogP contribution in [0.4, 0.5) is 8.92 Å². The van der Waals surface area contributed by atoms with Crippen molar-refractivity contribution in [2.45, 2.75) is 65.7 Å². The molecule has 1 N–H and O–H groups in total. The van der Waals surface area contributed by atoms with E-state index < -0.39 is 29.4 Å². The summed E-state index contributed by atoms with van der Waals surface area (Å²) in [5, 5.41) is 8.14. The van der Waals surface area contributed by atoms with Gasteiger partial charge in [-0.1, -0.05) is 23.2 Å². The fourth-order valence-electron chi connectivity index (χ4n) is 5.33. The minimum atomic E-state index is -1.60. The van der Waals surface area contributed by atoms with Crippen molar-refractivity contribution in [2.75, 3.05) is 6.61 Å². The van der Waals surface area contributed by atoms with Gasteiger partial charge in [-0.25, -0.2) is 18.7 Å². The van der Waals surface area contributed by atoms with Crippen LogP contribution in [0, 0.1) is 19.7 Å². The Kier molecular flexibility index (Phi) is 8.84. The maximum absolute atomic E-state index is 15.5. The third-order valence-corrected chi connectivity index (χ3v) is 7.59. The zero-order valence-corrected chi connectivity index (χ0v) is 26.2. The van der Waals surface area contributed by atoms with Gasteiger partial charge in [-0.3, -0.25) is 9.74 Å². The number of carbonyl (C=O) groups is 2. The van der Waals surface area contributed by atoms with E-state index in [9.17, 15) is 14.1 Å². The number of hydrogen-bond acceptors (Lipinski definition) is 7. The SMILES string of the molecule is Cc1nc2cc(C(=O)NCc3cc(Cl)cc(Cl)c3)nn2c(-c2cc(F)c3c(c2C)CCCO3)c1[C@H](OC(C)(C)C)C(=O)OF. The summed E-state index contributed by atoms with van der Waals surface area (Å²) in [5.41, 5.74) is 2.19. The average molecular weight is 648 g/mol. The molecule has 9 nitrogen and oxygen atoms in total. The fourth-order valence-corrected chi connectivity index (χ4v) is 5.90. The second kappa shape index (κ2) is 12.3. The molecule has 1 amide bonds. The van der Waals surface area contributed by atoms with Gasteiger partial charge >= 0.3 is 5.97 Å². The molecule has 0 bridgehead atoms. The predicted molar refractivity (Wildman–Crippen MR) is 160 cm³/mol. The van der Waals surface area contributed by atoms with E-state index in [1.807, 2.05) is 0 Å². The molecule has 232 valence electrons. The Labute approximate surface area is 262 Å². The van der Waals surface area contributed by atoms with E-state index >= 15 is 4.39 Å². The molecule has 4 aromatic rings. The number of rotatable bonds is 7. The fraction of sp³-hybridized carbons (Fsp3) is 0.355. The molecule has 3 heterocycles. The summed E-state index contributed by atoms with van der Waals surface area (Å²) < 4.78 is 42.0. The van der Waals surface area contributed by atoms with Crippen molar-refractivity contribution in [3.8, 4) is 17.0 Å². The Balaban J connectivity index is 1.70. The van der Waals surface area contributed by atoms with Crippen molar-refractivity contribution < 1.29 is 32.9 Å². The number of hydrogen-bond donors (Lipinski definition) is 1. The van der Waals surface area contributed by atoms with E-state index in [0.29, 0.717) is 51.7 Å². The van der Waals surface area contributed by atoms with Crippen LogP contribution in [0.2, 0.25) is 10.0 Å². The van der Waals surface area contributed by atoms with Gasteiger partial charge in [0.15, 0.2) is 29.0 Å². The molecule has 0 aliphatic carbocycles. The minimum Gasteiger partial charge on any atom is -0.490 e. The van der Waals surface area contributed by atoms with Crippen molar-refractivity contribution in [1.29, 1.82) is 0 Å². The second-order valence-electron chi connectivity index (χ2n) is 11.5. The number of carbonyl (C=O) groups excluding carboxylic acids is 2. The summed E-state index contributed by atoms with van der Waals surface area (Å²) in [6.07, 6.45) is -0.360. The molecule has 1 atom stereocenters. The number of nitrogens with one attached hydrogen (secondary N) is 1. The largest absolute Gasteiger partial charge is 0.490 e. The molecular weight excluding hydrogens is 617 g/mol.